The zero-order valence-electron chi connectivity index (χ0n) is 28.9. The summed E-state index contributed by atoms with van der Waals surface area (Å²) in [7, 11) is 2.26. The average Bonchev–Trinajstić information content (AvgIpc) is 3.68. The van der Waals surface area contributed by atoms with Gasteiger partial charge in [0.05, 0.1) is 0 Å². The summed E-state index contributed by atoms with van der Waals surface area (Å²) < 4.78 is 0. The van der Waals surface area contributed by atoms with Crippen LogP contribution in [0.25, 0.3) is 0 Å². The van der Waals surface area contributed by atoms with Crippen LogP contribution in [0.5, 0.6) is 0 Å². The third-order valence-corrected chi connectivity index (χ3v) is 10.9. The van der Waals surface area contributed by atoms with Gasteiger partial charge in [-0.05, 0) is 89.3 Å². The van der Waals surface area contributed by atoms with Gasteiger partial charge in [-0.2, -0.15) is 0 Å². The van der Waals surface area contributed by atoms with Gasteiger partial charge in [-0.15, -0.1) is 0 Å². The second kappa shape index (κ2) is 13.9. The monoisotopic (exact) mass is 600 g/mol. The van der Waals surface area contributed by atoms with Gasteiger partial charge < -0.3 is 14.7 Å². The summed E-state index contributed by atoms with van der Waals surface area (Å²) >= 11 is 0. The molecule has 1 saturated carbocycles. The predicted molar refractivity (Wildman–Crippen MR) is 186 cm³/mol. The highest BCUT2D eigenvalue weighted by molar-refractivity contribution is 6.08. The minimum Gasteiger partial charge on any atom is -0.375 e. The number of rotatable bonds is 11. The van der Waals surface area contributed by atoms with Crippen LogP contribution in [0.3, 0.4) is 0 Å². The van der Waals surface area contributed by atoms with E-state index >= 15 is 0 Å². The molecule has 1 N–H and O–H groups in total. The highest BCUT2D eigenvalue weighted by Crippen LogP contribution is 2.38. The van der Waals surface area contributed by atoms with Crippen molar-refractivity contribution in [2.75, 3.05) is 44.7 Å². The van der Waals surface area contributed by atoms with E-state index in [9.17, 15) is 5.41 Å². The van der Waals surface area contributed by atoms with Gasteiger partial charge >= 0.3 is 0 Å². The fourth-order valence-electron chi connectivity index (χ4n) is 8.42. The molecule has 4 atom stereocenters. The van der Waals surface area contributed by atoms with Crippen molar-refractivity contribution in [3.63, 3.8) is 0 Å². The molecule has 2 unspecified atom stereocenters. The third kappa shape index (κ3) is 7.66. The van der Waals surface area contributed by atoms with E-state index in [-0.39, 0.29) is 5.41 Å². The van der Waals surface area contributed by atoms with E-state index in [1.807, 2.05) is 0 Å². The Morgan fingerprint density at radius 3 is 2.39 bits per heavy atom. The molecule has 4 heterocycles. The molecule has 4 fully saturated rings. The minimum absolute atomic E-state index is 0.264. The Labute approximate surface area is 268 Å². The standard InChI is InChI=1S/C38H60N6/c1-9-13-34(28(4)33-16-11-10-14-26(33)2)36(39)37-40-31(17-18-32-15-12-19-42(32)8)20-35(41-37)44-24-29-22-43(23-30(29)25-44)27(3)21-38(5,6)7/h20,29-30,32-33,39H,2-3,9-19,21-25H2,1,4-8H3/b34-28+,39-36?/t29?,30?,32-,33-/m0/s1. The topological polar surface area (TPSA) is 59.4 Å². The third-order valence-electron chi connectivity index (χ3n) is 10.9. The largest absolute Gasteiger partial charge is 0.375 e. The normalized spacial score (nSPS) is 26.7. The van der Waals surface area contributed by atoms with E-state index < -0.39 is 0 Å². The molecule has 3 saturated heterocycles. The second-order valence-electron chi connectivity index (χ2n) is 15.7. The number of hydrogen-bond acceptors (Lipinski definition) is 6. The molecule has 0 amide bonds. The first kappa shape index (κ1) is 32.9. The molecule has 1 aromatic rings. The Morgan fingerprint density at radius 1 is 1.05 bits per heavy atom. The average molecular weight is 601 g/mol. The summed E-state index contributed by atoms with van der Waals surface area (Å²) in [4.78, 5) is 17.9. The van der Waals surface area contributed by atoms with Crippen LogP contribution in [0.2, 0.25) is 0 Å². The van der Waals surface area contributed by atoms with Crippen LogP contribution in [-0.4, -0.2) is 71.3 Å². The molecule has 0 aromatic carbocycles. The van der Waals surface area contributed by atoms with Crippen molar-refractivity contribution in [3.8, 4) is 0 Å². The first-order chi connectivity index (χ1) is 20.9. The molecular formula is C38H60N6. The van der Waals surface area contributed by atoms with E-state index in [4.69, 9.17) is 9.97 Å². The SMILES string of the molecule is C=C1CCCC[C@@H]1/C(C)=C(\CCC)C(=N)c1nc(CC[C@@H]2CCCN2C)cc(N2CC3CN(C(=C)CC(C)(C)C)CC3C2)n1. The fourth-order valence-corrected chi connectivity index (χ4v) is 8.42. The Kier molecular flexibility index (Phi) is 10.4. The quantitative estimate of drug-likeness (QED) is 0.206. The molecule has 242 valence electrons. The van der Waals surface area contributed by atoms with Gasteiger partial charge in [-0.25, -0.2) is 9.97 Å². The molecule has 4 aliphatic rings. The Bertz CT molecular complexity index is 1240. The molecule has 5 rings (SSSR count). The van der Waals surface area contributed by atoms with E-state index in [0.717, 1.165) is 88.2 Å². The Balaban J connectivity index is 1.39. The van der Waals surface area contributed by atoms with Crippen molar-refractivity contribution in [2.24, 2.45) is 23.2 Å². The summed E-state index contributed by atoms with van der Waals surface area (Å²) in [6.45, 7) is 25.7. The molecule has 1 aromatic heterocycles. The number of fused-ring (bicyclic) bond motifs is 1. The van der Waals surface area contributed by atoms with Gasteiger partial charge in [0, 0.05) is 67.4 Å². The molecule has 0 bridgehead atoms. The van der Waals surface area contributed by atoms with Crippen LogP contribution in [0.15, 0.2) is 41.6 Å². The Hall–Kier alpha value is -2.47. The number of likely N-dealkylation sites (tertiary alicyclic amines) is 2. The van der Waals surface area contributed by atoms with Crippen molar-refractivity contribution in [1.82, 2.24) is 19.8 Å². The number of allylic oxidation sites excluding steroid dienone is 4. The molecule has 3 aliphatic heterocycles. The maximum Gasteiger partial charge on any atom is 0.179 e. The van der Waals surface area contributed by atoms with E-state index in [1.165, 1.54) is 49.1 Å². The Morgan fingerprint density at radius 2 is 1.77 bits per heavy atom. The highest BCUT2D eigenvalue weighted by Gasteiger charge is 2.41. The molecule has 6 heteroatoms. The van der Waals surface area contributed by atoms with E-state index in [2.05, 4.69) is 75.6 Å². The lowest BCUT2D eigenvalue weighted by molar-refractivity contribution is 0.296. The van der Waals surface area contributed by atoms with Gasteiger partial charge in [0.25, 0.3) is 0 Å². The van der Waals surface area contributed by atoms with Crippen molar-refractivity contribution in [3.05, 3.63) is 53.2 Å². The van der Waals surface area contributed by atoms with Crippen LogP contribution >= 0.6 is 0 Å². The lowest BCUT2D eigenvalue weighted by Crippen LogP contribution is -2.30. The zero-order valence-corrected chi connectivity index (χ0v) is 28.9. The number of nitrogens with one attached hydrogen (secondary N) is 1. The molecule has 1 aliphatic carbocycles. The van der Waals surface area contributed by atoms with Gasteiger partial charge in [0.15, 0.2) is 5.82 Å². The maximum absolute atomic E-state index is 9.52. The first-order valence-electron chi connectivity index (χ1n) is 17.7. The van der Waals surface area contributed by atoms with Gasteiger partial charge in [-0.3, -0.25) is 5.41 Å². The van der Waals surface area contributed by atoms with Crippen LogP contribution in [0.4, 0.5) is 5.82 Å². The lowest BCUT2D eigenvalue weighted by atomic mass is 9.78. The van der Waals surface area contributed by atoms with Crippen LogP contribution in [-0.2, 0) is 6.42 Å². The highest BCUT2D eigenvalue weighted by atomic mass is 15.3. The maximum atomic E-state index is 9.52. The van der Waals surface area contributed by atoms with Crippen LogP contribution in [0, 0.1) is 28.6 Å². The molecule has 6 nitrogen and oxygen atoms in total. The summed E-state index contributed by atoms with van der Waals surface area (Å²) in [6, 6.07) is 2.88. The summed E-state index contributed by atoms with van der Waals surface area (Å²) in [5.74, 6) is 3.31. The van der Waals surface area contributed by atoms with Crippen LogP contribution < -0.4 is 4.90 Å². The number of aryl methyl sites for hydroxylation is 1. The summed E-state index contributed by atoms with van der Waals surface area (Å²) in [5.41, 5.74) is 7.01. The number of nitrogens with zero attached hydrogens (tertiary/aromatic N) is 5. The molecule has 44 heavy (non-hydrogen) atoms. The van der Waals surface area contributed by atoms with Gasteiger partial charge in [0.1, 0.15) is 11.5 Å². The van der Waals surface area contributed by atoms with Crippen molar-refractivity contribution in [2.45, 2.75) is 111 Å². The van der Waals surface area contributed by atoms with E-state index in [0.29, 0.717) is 35.3 Å². The predicted octanol–water partition coefficient (Wildman–Crippen LogP) is 8.05. The lowest BCUT2D eigenvalue weighted by Gasteiger charge is -2.29. The van der Waals surface area contributed by atoms with Crippen LogP contribution in [0.1, 0.15) is 110 Å². The van der Waals surface area contributed by atoms with Crippen molar-refractivity contribution < 1.29 is 0 Å². The van der Waals surface area contributed by atoms with Gasteiger partial charge in [-0.1, -0.05) is 64.8 Å². The van der Waals surface area contributed by atoms with Gasteiger partial charge in [0.2, 0.25) is 0 Å². The first-order valence-corrected chi connectivity index (χ1v) is 17.7. The van der Waals surface area contributed by atoms with Crippen molar-refractivity contribution >= 4 is 11.5 Å². The molecule has 0 radical (unpaired) electrons. The fraction of sp³-hybridized carbons (Fsp3) is 0.711. The number of anilines is 1. The van der Waals surface area contributed by atoms with E-state index in [1.54, 1.807) is 0 Å². The number of hydrogen-bond donors (Lipinski definition) is 1. The summed E-state index contributed by atoms with van der Waals surface area (Å²) in [6.07, 6.45) is 12.3. The molecular weight excluding hydrogens is 540 g/mol. The zero-order chi connectivity index (χ0) is 31.6. The van der Waals surface area contributed by atoms with Crippen molar-refractivity contribution in [1.29, 1.82) is 5.41 Å². The minimum atomic E-state index is 0.264. The summed E-state index contributed by atoms with van der Waals surface area (Å²) in [5, 5.41) is 9.52. The number of aromatic nitrogens is 2. The second-order valence-corrected chi connectivity index (χ2v) is 15.7. The molecule has 0 spiro atoms. The smallest absolute Gasteiger partial charge is 0.179 e.